The number of nitrogens with one attached hydrogen (secondary N) is 3. The van der Waals surface area contributed by atoms with Crippen LogP contribution in [0.15, 0.2) is 4.99 Å². The zero-order valence-corrected chi connectivity index (χ0v) is 13.9. The molecule has 2 saturated carbocycles. The molecule has 3 N–H and O–H groups in total. The van der Waals surface area contributed by atoms with Gasteiger partial charge in [0.05, 0.1) is 0 Å². The predicted molar refractivity (Wildman–Crippen MR) is 87.9 cm³/mol. The zero-order chi connectivity index (χ0) is 12.8. The van der Waals surface area contributed by atoms with Crippen LogP contribution in [0.1, 0.15) is 38.5 Å². The topological polar surface area (TPSA) is 65.5 Å². The fourth-order valence-corrected chi connectivity index (χ4v) is 2.31. The molecule has 2 aliphatic carbocycles. The molecular formula is C13H25IN4O. The van der Waals surface area contributed by atoms with Crippen molar-refractivity contribution in [2.45, 2.75) is 44.6 Å². The summed E-state index contributed by atoms with van der Waals surface area (Å²) in [6.45, 7) is 1.39. The van der Waals surface area contributed by atoms with Gasteiger partial charge in [0.1, 0.15) is 0 Å². The van der Waals surface area contributed by atoms with Crippen LogP contribution in [0.4, 0.5) is 0 Å². The number of aliphatic imine (C=N–C) groups is 1. The summed E-state index contributed by atoms with van der Waals surface area (Å²) in [6, 6.07) is 0.567. The lowest BCUT2D eigenvalue weighted by Gasteiger charge is -2.16. The number of amides is 1. The van der Waals surface area contributed by atoms with Gasteiger partial charge in [-0.15, -0.1) is 24.0 Å². The molecule has 0 aromatic rings. The van der Waals surface area contributed by atoms with E-state index in [-0.39, 0.29) is 29.9 Å². The summed E-state index contributed by atoms with van der Waals surface area (Å²) < 4.78 is 0. The van der Waals surface area contributed by atoms with E-state index >= 15 is 0 Å². The first-order valence-corrected chi connectivity index (χ1v) is 7.04. The molecule has 0 aromatic carbocycles. The lowest BCUT2D eigenvalue weighted by molar-refractivity contribution is -0.122. The van der Waals surface area contributed by atoms with Crippen molar-refractivity contribution >= 4 is 35.8 Å². The van der Waals surface area contributed by atoms with Gasteiger partial charge in [0, 0.05) is 32.1 Å². The van der Waals surface area contributed by atoms with Gasteiger partial charge in [-0.05, 0) is 25.7 Å². The molecular weight excluding hydrogens is 355 g/mol. The lowest BCUT2D eigenvalue weighted by atomic mass is 10.2. The van der Waals surface area contributed by atoms with Gasteiger partial charge in [-0.1, -0.05) is 12.8 Å². The Kier molecular flexibility index (Phi) is 7.48. The van der Waals surface area contributed by atoms with E-state index in [0.717, 1.165) is 25.3 Å². The van der Waals surface area contributed by atoms with E-state index < -0.39 is 0 Å². The third kappa shape index (κ3) is 5.97. The van der Waals surface area contributed by atoms with Gasteiger partial charge in [0.25, 0.3) is 0 Å². The second-order valence-corrected chi connectivity index (χ2v) is 5.19. The van der Waals surface area contributed by atoms with Gasteiger partial charge in [-0.2, -0.15) is 0 Å². The average Bonchev–Trinajstić information content (AvgIpc) is 3.11. The fraction of sp³-hybridized carbons (Fsp3) is 0.846. The van der Waals surface area contributed by atoms with E-state index in [0.29, 0.717) is 18.5 Å². The summed E-state index contributed by atoms with van der Waals surface area (Å²) in [4.78, 5) is 15.6. The van der Waals surface area contributed by atoms with Crippen LogP contribution in [-0.2, 0) is 4.79 Å². The van der Waals surface area contributed by atoms with E-state index in [1.165, 1.54) is 25.7 Å². The maximum atomic E-state index is 11.4. The molecule has 0 spiro atoms. The van der Waals surface area contributed by atoms with E-state index in [1.807, 2.05) is 0 Å². The average molecular weight is 380 g/mol. The zero-order valence-electron chi connectivity index (χ0n) is 11.6. The molecule has 6 heteroatoms. The smallest absolute Gasteiger partial charge is 0.223 e. The Morgan fingerprint density at radius 1 is 1.11 bits per heavy atom. The van der Waals surface area contributed by atoms with Crippen LogP contribution in [0.3, 0.4) is 0 Å². The molecule has 0 unspecified atom stereocenters. The van der Waals surface area contributed by atoms with E-state index in [1.54, 1.807) is 7.05 Å². The number of rotatable bonds is 5. The van der Waals surface area contributed by atoms with Crippen LogP contribution in [0, 0.1) is 5.92 Å². The number of hydrogen-bond acceptors (Lipinski definition) is 2. The molecule has 110 valence electrons. The maximum absolute atomic E-state index is 11.4. The number of hydrogen-bond donors (Lipinski definition) is 3. The molecule has 0 atom stereocenters. The van der Waals surface area contributed by atoms with Crippen LogP contribution < -0.4 is 16.0 Å². The normalized spacial score (nSPS) is 19.7. The molecule has 2 aliphatic rings. The summed E-state index contributed by atoms with van der Waals surface area (Å²) in [7, 11) is 1.78. The first-order chi connectivity index (χ1) is 8.79. The molecule has 5 nitrogen and oxygen atoms in total. The van der Waals surface area contributed by atoms with Crippen molar-refractivity contribution in [2.75, 3.05) is 20.1 Å². The number of halogens is 1. The summed E-state index contributed by atoms with van der Waals surface area (Å²) in [5.41, 5.74) is 0. The van der Waals surface area contributed by atoms with Crippen LogP contribution in [0.5, 0.6) is 0 Å². The summed E-state index contributed by atoms with van der Waals surface area (Å²) in [6.07, 6.45) is 7.21. The van der Waals surface area contributed by atoms with Crippen LogP contribution in [0.25, 0.3) is 0 Å². The molecule has 0 aliphatic heterocycles. The quantitative estimate of drug-likeness (QED) is 0.291. The molecule has 0 aromatic heterocycles. The molecule has 19 heavy (non-hydrogen) atoms. The maximum Gasteiger partial charge on any atom is 0.223 e. The molecule has 0 radical (unpaired) electrons. The molecule has 0 heterocycles. The summed E-state index contributed by atoms with van der Waals surface area (Å²) in [5, 5.41) is 9.58. The van der Waals surface area contributed by atoms with E-state index in [2.05, 4.69) is 20.9 Å². The summed E-state index contributed by atoms with van der Waals surface area (Å²) in [5.74, 6) is 1.35. The second-order valence-electron chi connectivity index (χ2n) is 5.19. The number of carbonyl (C=O) groups is 1. The van der Waals surface area contributed by atoms with E-state index in [9.17, 15) is 4.79 Å². The molecule has 1 amide bonds. The second kappa shape index (κ2) is 8.60. The standard InChI is InChI=1S/C13H24N4O.HI/c1-14-13(17-11-4-2-3-5-11)16-9-8-15-12(18)10-6-7-10;/h10-11H,2-9H2,1H3,(H,15,18)(H2,14,16,17);1H. The minimum absolute atomic E-state index is 0. The monoisotopic (exact) mass is 380 g/mol. The Hall–Kier alpha value is -0.530. The molecule has 0 bridgehead atoms. The first-order valence-electron chi connectivity index (χ1n) is 7.04. The lowest BCUT2D eigenvalue weighted by Crippen LogP contribution is -2.45. The Bertz CT molecular complexity index is 312. The van der Waals surface area contributed by atoms with Gasteiger partial charge < -0.3 is 16.0 Å². The Balaban J connectivity index is 0.00000180. The highest BCUT2D eigenvalue weighted by Crippen LogP contribution is 2.28. The molecule has 0 saturated heterocycles. The third-order valence-electron chi connectivity index (χ3n) is 3.58. The van der Waals surface area contributed by atoms with Crippen molar-refractivity contribution in [3.05, 3.63) is 0 Å². The van der Waals surface area contributed by atoms with Crippen molar-refractivity contribution in [1.82, 2.24) is 16.0 Å². The van der Waals surface area contributed by atoms with Crippen molar-refractivity contribution in [3.63, 3.8) is 0 Å². The van der Waals surface area contributed by atoms with Gasteiger partial charge >= 0.3 is 0 Å². The first kappa shape index (κ1) is 16.5. The van der Waals surface area contributed by atoms with Gasteiger partial charge in [-0.25, -0.2) is 0 Å². The summed E-state index contributed by atoms with van der Waals surface area (Å²) >= 11 is 0. The fourth-order valence-electron chi connectivity index (χ4n) is 2.31. The third-order valence-corrected chi connectivity index (χ3v) is 3.58. The van der Waals surface area contributed by atoms with Crippen LogP contribution >= 0.6 is 24.0 Å². The van der Waals surface area contributed by atoms with Gasteiger partial charge in [0.15, 0.2) is 5.96 Å². The van der Waals surface area contributed by atoms with Crippen molar-refractivity contribution in [1.29, 1.82) is 0 Å². The van der Waals surface area contributed by atoms with Crippen molar-refractivity contribution in [3.8, 4) is 0 Å². The Labute approximate surface area is 132 Å². The van der Waals surface area contributed by atoms with Crippen molar-refractivity contribution in [2.24, 2.45) is 10.9 Å². The number of guanidine groups is 1. The van der Waals surface area contributed by atoms with Gasteiger partial charge in [0.2, 0.25) is 5.91 Å². The highest BCUT2D eigenvalue weighted by atomic mass is 127. The largest absolute Gasteiger partial charge is 0.355 e. The molecule has 2 rings (SSSR count). The van der Waals surface area contributed by atoms with Crippen LogP contribution in [0.2, 0.25) is 0 Å². The van der Waals surface area contributed by atoms with Crippen molar-refractivity contribution < 1.29 is 4.79 Å². The minimum atomic E-state index is 0. The predicted octanol–water partition coefficient (Wildman–Crippen LogP) is 1.24. The minimum Gasteiger partial charge on any atom is -0.355 e. The van der Waals surface area contributed by atoms with Crippen LogP contribution in [-0.4, -0.2) is 38.0 Å². The highest BCUT2D eigenvalue weighted by Gasteiger charge is 2.28. The highest BCUT2D eigenvalue weighted by molar-refractivity contribution is 14.0. The van der Waals surface area contributed by atoms with E-state index in [4.69, 9.17) is 0 Å². The molecule has 2 fully saturated rings. The Morgan fingerprint density at radius 2 is 1.74 bits per heavy atom. The number of carbonyl (C=O) groups excluding carboxylic acids is 1. The Morgan fingerprint density at radius 3 is 2.32 bits per heavy atom. The van der Waals surface area contributed by atoms with Gasteiger partial charge in [-0.3, -0.25) is 9.79 Å². The number of nitrogens with zero attached hydrogens (tertiary/aromatic N) is 1. The SMILES string of the molecule is CN=C(NCCNC(=O)C1CC1)NC1CCCC1.I.